The first-order chi connectivity index (χ1) is 12.2. The van der Waals surface area contributed by atoms with Gasteiger partial charge < -0.3 is 10.0 Å². The monoisotopic (exact) mass is 337 g/mol. The number of benzene rings is 1. The Morgan fingerprint density at radius 1 is 1.16 bits per heavy atom. The third-order valence-electron chi connectivity index (χ3n) is 5.79. The first kappa shape index (κ1) is 16.2. The average Bonchev–Trinajstić information content (AvgIpc) is 2.69. The van der Waals surface area contributed by atoms with E-state index in [-0.39, 0.29) is 17.9 Å². The normalized spacial score (nSPS) is 29.1. The predicted octanol–water partition coefficient (Wildman–Crippen LogP) is 2.77. The summed E-state index contributed by atoms with van der Waals surface area (Å²) >= 11 is 0. The fraction of sp³-hybridized carbons (Fsp3) is 0.450. The molecule has 25 heavy (non-hydrogen) atoms. The summed E-state index contributed by atoms with van der Waals surface area (Å²) in [6.07, 6.45) is 9.29. The summed E-state index contributed by atoms with van der Waals surface area (Å²) in [6.45, 7) is 0.544. The number of rotatable bonds is 2. The Labute approximate surface area is 147 Å². The number of carbonyl (C=O) groups is 1. The smallest absolute Gasteiger partial charge is 0.274 e. The van der Waals surface area contributed by atoms with Gasteiger partial charge in [0, 0.05) is 30.9 Å². The lowest BCUT2D eigenvalue weighted by Gasteiger charge is -2.52. The third kappa shape index (κ3) is 2.82. The zero-order valence-corrected chi connectivity index (χ0v) is 14.2. The van der Waals surface area contributed by atoms with Crippen LogP contribution in [0.5, 0.6) is 0 Å². The van der Waals surface area contributed by atoms with E-state index in [1.807, 2.05) is 35.2 Å². The highest BCUT2D eigenvalue weighted by Gasteiger charge is 2.50. The lowest BCUT2D eigenvalue weighted by Crippen LogP contribution is -2.59. The molecule has 1 aliphatic heterocycles. The maximum atomic E-state index is 12.9. The number of nitrogens with zero attached hydrogens (tertiary/aromatic N) is 3. The zero-order chi connectivity index (χ0) is 17.3. The second-order valence-corrected chi connectivity index (χ2v) is 7.09. The Morgan fingerprint density at radius 2 is 1.96 bits per heavy atom. The van der Waals surface area contributed by atoms with Crippen molar-refractivity contribution in [2.24, 2.45) is 5.92 Å². The van der Waals surface area contributed by atoms with E-state index in [0.29, 0.717) is 18.7 Å². The van der Waals surface area contributed by atoms with Crippen LogP contribution >= 0.6 is 0 Å². The predicted molar refractivity (Wildman–Crippen MR) is 93.8 cm³/mol. The molecule has 1 N–H and O–H groups in total. The highest BCUT2D eigenvalue weighted by atomic mass is 16.3. The first-order valence-corrected chi connectivity index (χ1v) is 9.05. The van der Waals surface area contributed by atoms with Gasteiger partial charge in [0.2, 0.25) is 0 Å². The molecule has 1 saturated carbocycles. The Hall–Kier alpha value is -2.27. The number of carbonyl (C=O) groups excluding carboxylic acids is 1. The second-order valence-electron chi connectivity index (χ2n) is 7.09. The molecule has 2 fully saturated rings. The number of amides is 1. The molecule has 0 spiro atoms. The van der Waals surface area contributed by atoms with Crippen LogP contribution in [0.4, 0.5) is 0 Å². The van der Waals surface area contributed by atoms with Crippen LogP contribution in [0.15, 0.2) is 48.9 Å². The van der Waals surface area contributed by atoms with E-state index in [1.54, 1.807) is 12.4 Å². The molecule has 2 heterocycles. The molecule has 3 atom stereocenters. The van der Waals surface area contributed by atoms with Crippen LogP contribution in [0.3, 0.4) is 0 Å². The summed E-state index contributed by atoms with van der Waals surface area (Å²) in [6, 6.07) is 9.99. The Kier molecular flexibility index (Phi) is 4.25. The van der Waals surface area contributed by atoms with Crippen LogP contribution < -0.4 is 0 Å². The number of aromatic nitrogens is 2. The molecule has 1 aromatic carbocycles. The molecule has 1 aliphatic carbocycles. The molecular weight excluding hydrogens is 314 g/mol. The molecule has 3 unspecified atom stereocenters. The minimum absolute atomic E-state index is 0.0576. The van der Waals surface area contributed by atoms with E-state index in [1.165, 1.54) is 6.20 Å². The van der Waals surface area contributed by atoms with Crippen LogP contribution in [-0.2, 0) is 5.60 Å². The molecule has 2 aliphatic rings. The van der Waals surface area contributed by atoms with Crippen LogP contribution in [0.25, 0.3) is 0 Å². The van der Waals surface area contributed by atoms with Gasteiger partial charge in [-0.3, -0.25) is 9.78 Å². The van der Waals surface area contributed by atoms with E-state index < -0.39 is 5.60 Å². The third-order valence-corrected chi connectivity index (χ3v) is 5.79. The van der Waals surface area contributed by atoms with E-state index in [0.717, 1.165) is 31.2 Å². The molecular formula is C20H23N3O2. The summed E-state index contributed by atoms with van der Waals surface area (Å²) in [5, 5.41) is 11.5. The number of likely N-dealkylation sites (tertiary alicyclic amines) is 1. The quantitative estimate of drug-likeness (QED) is 0.915. The van der Waals surface area contributed by atoms with Gasteiger partial charge in [0.15, 0.2) is 0 Å². The highest BCUT2D eigenvalue weighted by molar-refractivity contribution is 5.92. The first-order valence-electron chi connectivity index (χ1n) is 9.05. The average molecular weight is 337 g/mol. The summed E-state index contributed by atoms with van der Waals surface area (Å²) < 4.78 is 0. The minimum atomic E-state index is -0.856. The number of hydrogen-bond acceptors (Lipinski definition) is 4. The van der Waals surface area contributed by atoms with Crippen LogP contribution in [0.1, 0.15) is 48.2 Å². The molecule has 0 bridgehead atoms. The van der Waals surface area contributed by atoms with Gasteiger partial charge in [-0.1, -0.05) is 43.2 Å². The van der Waals surface area contributed by atoms with Crippen LogP contribution in [-0.4, -0.2) is 38.5 Å². The molecule has 1 amide bonds. The van der Waals surface area contributed by atoms with Crippen molar-refractivity contribution < 1.29 is 9.90 Å². The van der Waals surface area contributed by atoms with Gasteiger partial charge in [0.25, 0.3) is 5.91 Å². The molecule has 5 nitrogen and oxygen atoms in total. The van der Waals surface area contributed by atoms with E-state index in [9.17, 15) is 9.90 Å². The second kappa shape index (κ2) is 6.56. The Bertz CT molecular complexity index is 737. The number of hydrogen-bond donors (Lipinski definition) is 1. The van der Waals surface area contributed by atoms with E-state index >= 15 is 0 Å². The Morgan fingerprint density at radius 3 is 2.72 bits per heavy atom. The van der Waals surface area contributed by atoms with Crippen LogP contribution in [0, 0.1) is 5.92 Å². The fourth-order valence-electron chi connectivity index (χ4n) is 4.58. The van der Waals surface area contributed by atoms with E-state index in [2.05, 4.69) is 9.97 Å². The van der Waals surface area contributed by atoms with Crippen molar-refractivity contribution in [1.82, 2.24) is 14.9 Å². The SMILES string of the molecule is O=C(c1cnccn1)N1CCC(O)(c2ccccc2)C2CCCCC21. The summed E-state index contributed by atoms with van der Waals surface area (Å²) in [7, 11) is 0. The van der Waals surface area contributed by atoms with Gasteiger partial charge in [-0.25, -0.2) is 4.98 Å². The van der Waals surface area contributed by atoms with Crippen molar-refractivity contribution in [1.29, 1.82) is 0 Å². The highest BCUT2D eigenvalue weighted by Crippen LogP contribution is 2.47. The Balaban J connectivity index is 1.66. The van der Waals surface area contributed by atoms with Crippen molar-refractivity contribution in [3.05, 3.63) is 60.2 Å². The number of fused-ring (bicyclic) bond motifs is 1. The van der Waals surface area contributed by atoms with Crippen molar-refractivity contribution in [2.45, 2.75) is 43.7 Å². The lowest BCUT2D eigenvalue weighted by molar-refractivity contribution is -0.110. The van der Waals surface area contributed by atoms with Crippen molar-refractivity contribution >= 4 is 5.91 Å². The maximum Gasteiger partial charge on any atom is 0.274 e. The van der Waals surface area contributed by atoms with Gasteiger partial charge in [0.1, 0.15) is 5.69 Å². The van der Waals surface area contributed by atoms with Gasteiger partial charge >= 0.3 is 0 Å². The van der Waals surface area contributed by atoms with Gasteiger partial charge in [-0.2, -0.15) is 0 Å². The fourth-order valence-corrected chi connectivity index (χ4v) is 4.58. The number of aliphatic hydroxyl groups is 1. The molecule has 1 saturated heterocycles. The largest absolute Gasteiger partial charge is 0.385 e. The molecule has 4 rings (SSSR count). The van der Waals surface area contributed by atoms with Gasteiger partial charge in [0.05, 0.1) is 11.8 Å². The van der Waals surface area contributed by atoms with Crippen molar-refractivity contribution in [3.8, 4) is 0 Å². The molecule has 130 valence electrons. The zero-order valence-electron chi connectivity index (χ0n) is 14.2. The van der Waals surface area contributed by atoms with Crippen molar-refractivity contribution in [3.63, 3.8) is 0 Å². The lowest BCUT2D eigenvalue weighted by atomic mass is 9.66. The number of piperidine rings is 1. The minimum Gasteiger partial charge on any atom is -0.385 e. The topological polar surface area (TPSA) is 66.3 Å². The van der Waals surface area contributed by atoms with E-state index in [4.69, 9.17) is 0 Å². The van der Waals surface area contributed by atoms with Crippen LogP contribution in [0.2, 0.25) is 0 Å². The molecule has 5 heteroatoms. The standard InChI is InChI=1S/C20H23N3O2/c24-19(17-14-21-11-12-22-17)23-13-10-20(25,15-6-2-1-3-7-15)16-8-4-5-9-18(16)23/h1-3,6-7,11-12,14,16,18,25H,4-5,8-10,13H2. The van der Waals surface area contributed by atoms with Crippen molar-refractivity contribution in [2.75, 3.05) is 6.54 Å². The summed E-state index contributed by atoms with van der Waals surface area (Å²) in [5.41, 5.74) is 0.501. The summed E-state index contributed by atoms with van der Waals surface area (Å²) in [5.74, 6) is -0.00173. The molecule has 1 aromatic heterocycles. The molecule has 0 radical (unpaired) electrons. The van der Waals surface area contributed by atoms with Gasteiger partial charge in [-0.15, -0.1) is 0 Å². The summed E-state index contributed by atoms with van der Waals surface area (Å²) in [4.78, 5) is 23.1. The maximum absolute atomic E-state index is 12.9. The molecule has 2 aromatic rings. The van der Waals surface area contributed by atoms with Gasteiger partial charge in [-0.05, 0) is 24.8 Å².